The zero-order chi connectivity index (χ0) is 29.5. The molecule has 6 nitrogen and oxygen atoms in total. The summed E-state index contributed by atoms with van der Waals surface area (Å²) in [5, 5.41) is 24.4. The maximum atomic E-state index is 11.0. The average molecular weight is 579 g/mol. The fraction of sp³-hybridized carbons (Fsp3) is 0. The van der Waals surface area contributed by atoms with Gasteiger partial charge in [0.25, 0.3) is 11.4 Å². The van der Waals surface area contributed by atoms with E-state index in [4.69, 9.17) is 0 Å². The highest BCUT2D eigenvalue weighted by atomic mass is 32.1. The number of hydrogen-bond acceptors (Lipinski definition) is 5. The van der Waals surface area contributed by atoms with E-state index in [0.717, 1.165) is 44.5 Å². The van der Waals surface area contributed by atoms with Gasteiger partial charge < -0.3 is 0 Å². The van der Waals surface area contributed by atoms with E-state index in [1.54, 1.807) is 35.6 Å². The highest BCUT2D eigenvalue weighted by Crippen LogP contribution is 2.39. The van der Waals surface area contributed by atoms with Crippen molar-refractivity contribution in [1.29, 1.82) is 0 Å². The van der Waals surface area contributed by atoms with Crippen LogP contribution in [0.5, 0.6) is 0 Å². The fourth-order valence-corrected chi connectivity index (χ4v) is 6.58. The van der Waals surface area contributed by atoms with Gasteiger partial charge in [-0.05, 0) is 80.9 Å². The number of benzene rings is 6. The number of nitrogens with zero attached hydrogens (tertiary/aromatic N) is 2. The highest BCUT2D eigenvalue weighted by Gasteiger charge is 2.11. The van der Waals surface area contributed by atoms with Gasteiger partial charge in [0, 0.05) is 44.4 Å². The van der Waals surface area contributed by atoms with Gasteiger partial charge in [0.2, 0.25) is 0 Å². The Kier molecular flexibility index (Phi) is 6.49. The van der Waals surface area contributed by atoms with Crippen molar-refractivity contribution in [2.24, 2.45) is 0 Å². The van der Waals surface area contributed by atoms with Gasteiger partial charge in [0.15, 0.2) is 0 Å². The van der Waals surface area contributed by atoms with Crippen molar-refractivity contribution in [3.63, 3.8) is 0 Å². The summed E-state index contributed by atoms with van der Waals surface area (Å²) in [6, 6.07) is 42.9. The van der Waals surface area contributed by atoms with Crippen molar-refractivity contribution < 1.29 is 9.85 Å². The number of nitro benzene ring substituents is 2. The van der Waals surface area contributed by atoms with E-state index < -0.39 is 0 Å². The molecule has 0 aliphatic rings. The zero-order valence-corrected chi connectivity index (χ0v) is 23.5. The molecule has 0 N–H and O–H groups in total. The minimum atomic E-state index is -0.388. The third-order valence-corrected chi connectivity index (χ3v) is 8.85. The molecule has 7 rings (SSSR count). The molecule has 0 saturated heterocycles. The Hall–Kier alpha value is -5.66. The molecule has 43 heavy (non-hydrogen) atoms. The van der Waals surface area contributed by atoms with Crippen LogP contribution in [-0.4, -0.2) is 9.85 Å². The van der Waals surface area contributed by atoms with E-state index in [1.807, 2.05) is 24.3 Å². The Bertz CT molecular complexity index is 2000. The first kappa shape index (κ1) is 26.3. The third kappa shape index (κ3) is 5.03. The Labute approximate surface area is 250 Å². The number of fused-ring (bicyclic) bond motifs is 3. The van der Waals surface area contributed by atoms with Gasteiger partial charge in [-0.1, -0.05) is 72.8 Å². The predicted octanol–water partition coefficient (Wildman–Crippen LogP) is 10.5. The molecule has 6 aromatic carbocycles. The molecule has 1 aromatic heterocycles. The van der Waals surface area contributed by atoms with E-state index in [1.165, 1.54) is 44.4 Å². The van der Waals surface area contributed by atoms with Crippen molar-refractivity contribution in [1.82, 2.24) is 0 Å². The number of hydrogen-bond donors (Lipinski definition) is 0. The molecule has 1 heterocycles. The quantitative estimate of drug-likeness (QED) is 0.145. The number of thiophene rings is 1. The molecule has 0 spiro atoms. The Balaban J connectivity index is 1.14. The second-order valence-corrected chi connectivity index (χ2v) is 11.4. The van der Waals surface area contributed by atoms with E-state index in [-0.39, 0.29) is 21.2 Å². The van der Waals surface area contributed by atoms with Crippen molar-refractivity contribution in [3.8, 4) is 44.5 Å². The van der Waals surface area contributed by atoms with Crippen LogP contribution >= 0.6 is 11.3 Å². The molecule has 0 saturated carbocycles. The molecule has 0 radical (unpaired) electrons. The summed E-state index contributed by atoms with van der Waals surface area (Å²) in [6.45, 7) is 0. The lowest BCUT2D eigenvalue weighted by atomic mass is 9.98. The standard InChI is InChI=1S/C36H22N2O4S/c39-37(40)31-15-9-25(10-16-31)23-1-5-27(6-2-23)29-13-19-33-34-20-14-30(22-36(34)43-35(33)21-29)28-7-3-24(4-8-28)26-11-17-32(18-12-26)38(41)42/h1-22H. The first-order valence-electron chi connectivity index (χ1n) is 13.6. The summed E-state index contributed by atoms with van der Waals surface area (Å²) in [5.74, 6) is 0. The van der Waals surface area contributed by atoms with Gasteiger partial charge >= 0.3 is 0 Å². The number of non-ortho nitro benzene ring substituents is 2. The Morgan fingerprint density at radius 1 is 0.372 bits per heavy atom. The second-order valence-electron chi connectivity index (χ2n) is 10.3. The predicted molar refractivity (Wildman–Crippen MR) is 174 cm³/mol. The Morgan fingerprint density at radius 2 is 0.628 bits per heavy atom. The molecule has 0 bridgehead atoms. The van der Waals surface area contributed by atoms with Crippen LogP contribution in [0.25, 0.3) is 64.7 Å². The molecule has 7 aromatic rings. The zero-order valence-electron chi connectivity index (χ0n) is 22.6. The van der Waals surface area contributed by atoms with Gasteiger partial charge in [-0.15, -0.1) is 11.3 Å². The molecule has 206 valence electrons. The van der Waals surface area contributed by atoms with Crippen LogP contribution in [-0.2, 0) is 0 Å². The lowest BCUT2D eigenvalue weighted by molar-refractivity contribution is -0.385. The third-order valence-electron chi connectivity index (χ3n) is 7.73. The van der Waals surface area contributed by atoms with Crippen LogP contribution in [0.2, 0.25) is 0 Å². The maximum absolute atomic E-state index is 11.0. The van der Waals surface area contributed by atoms with Crippen molar-refractivity contribution >= 4 is 42.9 Å². The topological polar surface area (TPSA) is 86.3 Å². The SMILES string of the molecule is O=[N+]([O-])c1ccc(-c2ccc(-c3ccc4c(c3)sc3cc(-c5ccc(-c6ccc([N+](=O)[O-])cc6)cc5)ccc34)cc2)cc1. The summed E-state index contributed by atoms with van der Waals surface area (Å²) in [6.07, 6.45) is 0. The molecule has 0 atom stereocenters. The van der Waals surface area contributed by atoms with E-state index in [2.05, 4.69) is 60.7 Å². The molecule has 0 aliphatic heterocycles. The monoisotopic (exact) mass is 578 g/mol. The van der Waals surface area contributed by atoms with Gasteiger partial charge in [-0.25, -0.2) is 0 Å². The summed E-state index contributed by atoms with van der Waals surface area (Å²) >= 11 is 1.78. The average Bonchev–Trinajstić information content (AvgIpc) is 3.42. The number of rotatable bonds is 6. The van der Waals surface area contributed by atoms with Crippen molar-refractivity contribution in [2.45, 2.75) is 0 Å². The van der Waals surface area contributed by atoms with Crippen LogP contribution < -0.4 is 0 Å². The van der Waals surface area contributed by atoms with Crippen LogP contribution in [0, 0.1) is 20.2 Å². The molecule has 0 unspecified atom stereocenters. The fourth-order valence-electron chi connectivity index (χ4n) is 5.40. The normalized spacial score (nSPS) is 11.2. The van der Waals surface area contributed by atoms with Crippen LogP contribution in [0.4, 0.5) is 11.4 Å². The number of nitro groups is 2. The van der Waals surface area contributed by atoms with Crippen LogP contribution in [0.15, 0.2) is 133 Å². The van der Waals surface area contributed by atoms with Gasteiger partial charge in [0.1, 0.15) is 0 Å². The highest BCUT2D eigenvalue weighted by molar-refractivity contribution is 7.25. The lowest BCUT2D eigenvalue weighted by Gasteiger charge is -2.06. The van der Waals surface area contributed by atoms with E-state index >= 15 is 0 Å². The minimum Gasteiger partial charge on any atom is -0.258 e. The minimum absolute atomic E-state index is 0.0849. The largest absolute Gasteiger partial charge is 0.269 e. The van der Waals surface area contributed by atoms with E-state index in [9.17, 15) is 20.2 Å². The Morgan fingerprint density at radius 3 is 0.930 bits per heavy atom. The molecule has 0 amide bonds. The van der Waals surface area contributed by atoms with Crippen molar-refractivity contribution in [2.75, 3.05) is 0 Å². The molecule has 0 aliphatic carbocycles. The smallest absolute Gasteiger partial charge is 0.258 e. The molecule has 0 fully saturated rings. The van der Waals surface area contributed by atoms with Gasteiger partial charge in [-0.2, -0.15) is 0 Å². The molecular weight excluding hydrogens is 556 g/mol. The van der Waals surface area contributed by atoms with Crippen LogP contribution in [0.1, 0.15) is 0 Å². The van der Waals surface area contributed by atoms with Gasteiger partial charge in [-0.3, -0.25) is 20.2 Å². The van der Waals surface area contributed by atoms with Gasteiger partial charge in [0.05, 0.1) is 9.85 Å². The summed E-state index contributed by atoms with van der Waals surface area (Å²) < 4.78 is 2.44. The maximum Gasteiger partial charge on any atom is 0.269 e. The van der Waals surface area contributed by atoms with E-state index in [0.29, 0.717) is 0 Å². The summed E-state index contributed by atoms with van der Waals surface area (Å²) in [4.78, 5) is 21.1. The molecule has 7 heteroatoms. The second kappa shape index (κ2) is 10.6. The summed E-state index contributed by atoms with van der Waals surface area (Å²) in [5.41, 5.74) is 8.56. The van der Waals surface area contributed by atoms with Crippen LogP contribution in [0.3, 0.4) is 0 Å². The summed E-state index contributed by atoms with van der Waals surface area (Å²) in [7, 11) is 0. The first-order valence-corrected chi connectivity index (χ1v) is 14.4. The molecular formula is C36H22N2O4S. The lowest BCUT2D eigenvalue weighted by Crippen LogP contribution is -1.87. The first-order chi connectivity index (χ1) is 20.9. The van der Waals surface area contributed by atoms with Crippen molar-refractivity contribution in [3.05, 3.63) is 154 Å².